The van der Waals surface area contributed by atoms with E-state index < -0.39 is 0 Å². The van der Waals surface area contributed by atoms with Gasteiger partial charge in [0.05, 0.1) is 6.10 Å². The van der Waals surface area contributed by atoms with Gasteiger partial charge >= 0.3 is 0 Å². The van der Waals surface area contributed by atoms with Gasteiger partial charge in [0, 0.05) is 30.0 Å². The SMILES string of the molecule is C[C@]12CCC(NOC3CCNC3)=CC1C(C=O)C[C@@H]1[C@@H]2CC[C@]2(C)C(=O)CC[C@@H]12. The van der Waals surface area contributed by atoms with Crippen molar-refractivity contribution < 1.29 is 14.4 Å². The maximum absolute atomic E-state index is 12.6. The molecule has 3 unspecified atom stereocenters. The number of Topliss-reactive ketones (excluding diaryl/α,β-unsaturated/α-hetero) is 1. The number of hydrogen-bond acceptors (Lipinski definition) is 5. The van der Waals surface area contributed by atoms with Gasteiger partial charge in [0.25, 0.3) is 0 Å². The lowest BCUT2D eigenvalue weighted by molar-refractivity contribution is -0.142. The highest BCUT2D eigenvalue weighted by Gasteiger charge is 2.61. The molecule has 0 radical (unpaired) electrons. The molecule has 0 aromatic heterocycles. The predicted molar refractivity (Wildman–Crippen MR) is 111 cm³/mol. The summed E-state index contributed by atoms with van der Waals surface area (Å²) < 4.78 is 0. The Morgan fingerprint density at radius 3 is 2.79 bits per heavy atom. The summed E-state index contributed by atoms with van der Waals surface area (Å²) in [7, 11) is 0. The molecule has 5 heteroatoms. The lowest BCUT2D eigenvalue weighted by atomic mass is 9.44. The van der Waals surface area contributed by atoms with Crippen molar-refractivity contribution in [3.8, 4) is 0 Å². The fraction of sp³-hybridized carbons (Fsp3) is 0.833. The van der Waals surface area contributed by atoms with Gasteiger partial charge < -0.3 is 10.1 Å². The molecule has 0 amide bonds. The van der Waals surface area contributed by atoms with Gasteiger partial charge in [-0.3, -0.25) is 15.1 Å². The van der Waals surface area contributed by atoms with Crippen LogP contribution in [0.1, 0.15) is 65.2 Å². The van der Waals surface area contributed by atoms with Crippen LogP contribution in [-0.2, 0) is 14.4 Å². The maximum atomic E-state index is 12.6. The minimum Gasteiger partial charge on any atom is -0.314 e. The zero-order valence-electron chi connectivity index (χ0n) is 17.9. The fourth-order valence-corrected chi connectivity index (χ4v) is 7.89. The third-order valence-electron chi connectivity index (χ3n) is 9.62. The first kappa shape index (κ1) is 19.7. The highest BCUT2D eigenvalue weighted by Crippen LogP contribution is 2.65. The van der Waals surface area contributed by atoms with Crippen LogP contribution < -0.4 is 10.8 Å². The molecule has 3 saturated carbocycles. The molecule has 8 atom stereocenters. The molecule has 160 valence electrons. The van der Waals surface area contributed by atoms with Crippen LogP contribution in [0.3, 0.4) is 0 Å². The van der Waals surface area contributed by atoms with Crippen LogP contribution in [0, 0.1) is 40.4 Å². The number of nitrogens with one attached hydrogen (secondary N) is 2. The van der Waals surface area contributed by atoms with Crippen LogP contribution in [0.25, 0.3) is 0 Å². The summed E-state index contributed by atoms with van der Waals surface area (Å²) >= 11 is 0. The highest BCUT2D eigenvalue weighted by atomic mass is 16.7. The van der Waals surface area contributed by atoms with Crippen LogP contribution in [0.2, 0.25) is 0 Å². The third kappa shape index (κ3) is 3.03. The summed E-state index contributed by atoms with van der Waals surface area (Å²) in [6.07, 6.45) is 11.8. The summed E-state index contributed by atoms with van der Waals surface area (Å²) in [5.41, 5.74) is 4.42. The fourth-order valence-electron chi connectivity index (χ4n) is 7.89. The number of rotatable bonds is 4. The molecule has 0 aromatic carbocycles. The Morgan fingerprint density at radius 2 is 2.03 bits per heavy atom. The van der Waals surface area contributed by atoms with Gasteiger partial charge in [-0.25, -0.2) is 0 Å². The molecule has 4 fully saturated rings. The van der Waals surface area contributed by atoms with Crippen molar-refractivity contribution in [2.24, 2.45) is 40.4 Å². The number of allylic oxidation sites excluding steroid dienone is 2. The number of aldehydes is 1. The van der Waals surface area contributed by atoms with E-state index in [0.29, 0.717) is 23.5 Å². The molecule has 5 aliphatic rings. The lowest BCUT2D eigenvalue weighted by Gasteiger charge is -2.60. The number of hydrogen-bond donors (Lipinski definition) is 2. The molecule has 1 saturated heterocycles. The molecule has 0 spiro atoms. The van der Waals surface area contributed by atoms with Crippen molar-refractivity contribution in [1.29, 1.82) is 0 Å². The van der Waals surface area contributed by atoms with E-state index in [0.717, 1.165) is 70.2 Å². The smallest absolute Gasteiger partial charge is 0.139 e. The number of carbonyl (C=O) groups excluding carboxylic acids is 2. The summed E-state index contributed by atoms with van der Waals surface area (Å²) in [5, 5.41) is 3.33. The Hall–Kier alpha value is -1.20. The Labute approximate surface area is 174 Å². The average molecular weight is 401 g/mol. The van der Waals surface area contributed by atoms with E-state index in [2.05, 4.69) is 30.7 Å². The third-order valence-corrected chi connectivity index (χ3v) is 9.62. The predicted octanol–water partition coefficient (Wildman–Crippen LogP) is 3.40. The van der Waals surface area contributed by atoms with Crippen molar-refractivity contribution in [3.05, 3.63) is 11.8 Å². The molecule has 5 nitrogen and oxygen atoms in total. The van der Waals surface area contributed by atoms with Crippen LogP contribution in [-0.4, -0.2) is 31.3 Å². The van der Waals surface area contributed by atoms with Gasteiger partial charge in [-0.1, -0.05) is 19.9 Å². The normalized spacial score (nSPS) is 49.0. The monoisotopic (exact) mass is 400 g/mol. The van der Waals surface area contributed by atoms with Gasteiger partial charge in [-0.2, -0.15) is 0 Å². The first-order chi connectivity index (χ1) is 14.0. The zero-order chi connectivity index (χ0) is 20.2. The summed E-state index contributed by atoms with van der Waals surface area (Å²) in [6.45, 7) is 6.57. The molecular weight excluding hydrogens is 364 g/mol. The number of hydroxylamine groups is 1. The largest absolute Gasteiger partial charge is 0.314 e. The van der Waals surface area contributed by atoms with E-state index in [1.165, 1.54) is 6.29 Å². The van der Waals surface area contributed by atoms with Gasteiger partial charge in [0.2, 0.25) is 0 Å². The maximum Gasteiger partial charge on any atom is 0.139 e. The number of fused-ring (bicyclic) bond motifs is 5. The van der Waals surface area contributed by atoms with Gasteiger partial charge in [-0.15, -0.1) is 0 Å². The van der Waals surface area contributed by atoms with Gasteiger partial charge in [-0.05, 0) is 80.6 Å². The van der Waals surface area contributed by atoms with Crippen LogP contribution in [0.5, 0.6) is 0 Å². The molecule has 5 rings (SSSR count). The van der Waals surface area contributed by atoms with Crippen molar-refractivity contribution in [2.45, 2.75) is 71.3 Å². The number of ketones is 1. The van der Waals surface area contributed by atoms with Gasteiger partial charge in [0.1, 0.15) is 12.1 Å². The van der Waals surface area contributed by atoms with Crippen LogP contribution in [0.4, 0.5) is 0 Å². The van der Waals surface area contributed by atoms with Crippen molar-refractivity contribution >= 4 is 12.1 Å². The second-order valence-corrected chi connectivity index (χ2v) is 10.9. The van der Waals surface area contributed by atoms with E-state index >= 15 is 0 Å². The van der Waals surface area contributed by atoms with Crippen molar-refractivity contribution in [3.63, 3.8) is 0 Å². The zero-order valence-corrected chi connectivity index (χ0v) is 17.9. The summed E-state index contributed by atoms with van der Waals surface area (Å²) in [5.74, 6) is 2.46. The first-order valence-corrected chi connectivity index (χ1v) is 11.8. The second kappa shape index (κ2) is 7.19. The molecule has 4 aliphatic carbocycles. The molecule has 1 aliphatic heterocycles. The quantitative estimate of drug-likeness (QED) is 0.559. The molecule has 29 heavy (non-hydrogen) atoms. The molecule has 0 aromatic rings. The van der Waals surface area contributed by atoms with Crippen molar-refractivity contribution in [1.82, 2.24) is 10.8 Å². The summed E-state index contributed by atoms with van der Waals surface area (Å²) in [4.78, 5) is 30.7. The topological polar surface area (TPSA) is 67.4 Å². The van der Waals surface area contributed by atoms with Crippen LogP contribution in [0.15, 0.2) is 11.8 Å². The highest BCUT2D eigenvalue weighted by molar-refractivity contribution is 5.87. The minimum atomic E-state index is -0.127. The minimum absolute atomic E-state index is 0.0598. The Bertz CT molecular complexity index is 715. The molecule has 1 heterocycles. The number of carbonyl (C=O) groups is 2. The van der Waals surface area contributed by atoms with E-state index in [1.807, 2.05) is 0 Å². The lowest BCUT2D eigenvalue weighted by Crippen LogP contribution is -2.55. The first-order valence-electron chi connectivity index (χ1n) is 11.8. The van der Waals surface area contributed by atoms with E-state index in [4.69, 9.17) is 4.84 Å². The van der Waals surface area contributed by atoms with E-state index in [1.54, 1.807) is 0 Å². The molecular formula is C24H36N2O3. The van der Waals surface area contributed by atoms with Gasteiger partial charge in [0.15, 0.2) is 0 Å². The average Bonchev–Trinajstić information content (AvgIpc) is 3.34. The Morgan fingerprint density at radius 1 is 1.17 bits per heavy atom. The van der Waals surface area contributed by atoms with E-state index in [-0.39, 0.29) is 28.8 Å². The second-order valence-electron chi connectivity index (χ2n) is 10.9. The Balaban J connectivity index is 1.38. The Kier molecular flexibility index (Phi) is 4.90. The molecule has 0 bridgehead atoms. The summed E-state index contributed by atoms with van der Waals surface area (Å²) in [6, 6.07) is 0. The molecule has 2 N–H and O–H groups in total. The van der Waals surface area contributed by atoms with E-state index in [9.17, 15) is 9.59 Å². The van der Waals surface area contributed by atoms with Crippen LogP contribution >= 0.6 is 0 Å². The standard InChI is InChI=1S/C24H36N2O3/c1-23-8-5-16(26-29-17-7-10-25-13-17)12-21(23)15(14-27)11-18-19-3-4-22(28)24(19,2)9-6-20(18)23/h12,14-15,17-21,25-26H,3-11,13H2,1-2H3/t15?,17?,18-,19-,20-,21?,23+,24-/m0/s1. The van der Waals surface area contributed by atoms with Crippen molar-refractivity contribution in [2.75, 3.05) is 13.1 Å².